The van der Waals surface area contributed by atoms with Gasteiger partial charge in [-0.25, -0.2) is 0 Å². The summed E-state index contributed by atoms with van der Waals surface area (Å²) >= 11 is 0. The van der Waals surface area contributed by atoms with E-state index in [0.29, 0.717) is 18.7 Å². The van der Waals surface area contributed by atoms with Crippen LogP contribution in [0.15, 0.2) is 24.3 Å². The highest BCUT2D eigenvalue weighted by atomic mass is 16.5. The average molecular weight is 261 g/mol. The van der Waals surface area contributed by atoms with E-state index in [-0.39, 0.29) is 18.6 Å². The lowest BCUT2D eigenvalue weighted by molar-refractivity contribution is 0.0746. The fraction of sp³-hybridized carbons (Fsp3) is 0.400. The number of hydrogen-bond donors (Lipinski definition) is 2. The lowest BCUT2D eigenvalue weighted by atomic mass is 10.1. The minimum absolute atomic E-state index is 0.131. The Bertz CT molecular complexity index is 455. The third-order valence-electron chi connectivity index (χ3n) is 2.30. The molecule has 0 heterocycles. The van der Waals surface area contributed by atoms with Crippen LogP contribution in [0, 0.1) is 11.8 Å². The van der Waals surface area contributed by atoms with Crippen molar-refractivity contribution in [3.8, 4) is 11.8 Å². The Labute approximate surface area is 113 Å². The van der Waals surface area contributed by atoms with Crippen molar-refractivity contribution in [3.63, 3.8) is 0 Å². The van der Waals surface area contributed by atoms with E-state index in [0.717, 1.165) is 5.56 Å². The number of hydrogen-bond acceptors (Lipinski definition) is 3. The Morgan fingerprint density at radius 3 is 2.63 bits per heavy atom. The van der Waals surface area contributed by atoms with E-state index >= 15 is 0 Å². The van der Waals surface area contributed by atoms with Crippen LogP contribution >= 0.6 is 0 Å². The molecule has 0 radical (unpaired) electrons. The molecule has 4 nitrogen and oxygen atoms in total. The Morgan fingerprint density at radius 2 is 2.05 bits per heavy atom. The topological polar surface area (TPSA) is 58.6 Å². The van der Waals surface area contributed by atoms with Gasteiger partial charge >= 0.3 is 0 Å². The van der Waals surface area contributed by atoms with Crippen LogP contribution in [0.5, 0.6) is 0 Å². The molecule has 1 amide bonds. The standard InChI is InChI=1S/C15H19NO3/c1-12(2)19-11-9-16-15(18)14-7-5-13(6-8-14)4-3-10-17/h5-8,12,17H,9-11H2,1-2H3,(H,16,18). The van der Waals surface area contributed by atoms with Gasteiger partial charge in [0, 0.05) is 17.7 Å². The third kappa shape index (κ3) is 6.05. The Morgan fingerprint density at radius 1 is 1.37 bits per heavy atom. The minimum Gasteiger partial charge on any atom is -0.384 e. The zero-order valence-corrected chi connectivity index (χ0v) is 11.3. The fourth-order valence-corrected chi connectivity index (χ4v) is 1.41. The molecular formula is C15H19NO3. The molecule has 0 fully saturated rings. The molecule has 0 aliphatic carbocycles. The Hall–Kier alpha value is -1.83. The van der Waals surface area contributed by atoms with E-state index in [9.17, 15) is 4.79 Å². The van der Waals surface area contributed by atoms with Crippen LogP contribution in [-0.2, 0) is 4.74 Å². The molecule has 0 aliphatic heterocycles. The monoisotopic (exact) mass is 261 g/mol. The molecule has 4 heteroatoms. The number of benzene rings is 1. The smallest absolute Gasteiger partial charge is 0.251 e. The second-order valence-corrected chi connectivity index (χ2v) is 4.21. The van der Waals surface area contributed by atoms with E-state index in [1.54, 1.807) is 24.3 Å². The van der Waals surface area contributed by atoms with Crippen molar-refractivity contribution in [3.05, 3.63) is 35.4 Å². The van der Waals surface area contributed by atoms with Crippen molar-refractivity contribution in [2.24, 2.45) is 0 Å². The molecule has 1 rings (SSSR count). The largest absolute Gasteiger partial charge is 0.384 e. The number of carbonyl (C=O) groups excluding carboxylic acids is 1. The fourth-order valence-electron chi connectivity index (χ4n) is 1.41. The van der Waals surface area contributed by atoms with Gasteiger partial charge in [0.15, 0.2) is 0 Å². The maximum Gasteiger partial charge on any atom is 0.251 e. The molecule has 0 aromatic heterocycles. The molecular weight excluding hydrogens is 242 g/mol. The molecule has 1 aromatic carbocycles. The zero-order valence-electron chi connectivity index (χ0n) is 11.3. The summed E-state index contributed by atoms with van der Waals surface area (Å²) in [5.74, 6) is 5.20. The van der Waals surface area contributed by atoms with Crippen LogP contribution in [0.25, 0.3) is 0 Å². The van der Waals surface area contributed by atoms with E-state index in [2.05, 4.69) is 17.2 Å². The van der Waals surface area contributed by atoms with Gasteiger partial charge < -0.3 is 15.2 Å². The molecule has 2 N–H and O–H groups in total. The van der Waals surface area contributed by atoms with Gasteiger partial charge in [-0.3, -0.25) is 4.79 Å². The van der Waals surface area contributed by atoms with E-state index in [1.807, 2.05) is 13.8 Å². The highest BCUT2D eigenvalue weighted by Gasteiger charge is 2.04. The second-order valence-electron chi connectivity index (χ2n) is 4.21. The number of rotatable bonds is 5. The highest BCUT2D eigenvalue weighted by molar-refractivity contribution is 5.94. The molecule has 0 bridgehead atoms. The first-order valence-electron chi connectivity index (χ1n) is 6.23. The summed E-state index contributed by atoms with van der Waals surface area (Å²) in [4.78, 5) is 11.8. The summed E-state index contributed by atoms with van der Waals surface area (Å²) in [6, 6.07) is 6.92. The van der Waals surface area contributed by atoms with Gasteiger partial charge in [-0.15, -0.1) is 0 Å². The predicted octanol–water partition coefficient (Wildman–Crippen LogP) is 1.19. The number of amides is 1. The molecule has 0 saturated carbocycles. The van der Waals surface area contributed by atoms with Crippen LogP contribution in [0.1, 0.15) is 29.8 Å². The second kappa shape index (κ2) is 8.30. The van der Waals surface area contributed by atoms with E-state index in [1.165, 1.54) is 0 Å². The van der Waals surface area contributed by atoms with Crippen molar-refractivity contribution in [1.29, 1.82) is 0 Å². The van der Waals surface area contributed by atoms with Crippen molar-refractivity contribution < 1.29 is 14.6 Å². The molecule has 0 saturated heterocycles. The number of aliphatic hydroxyl groups is 1. The molecule has 0 atom stereocenters. The number of aliphatic hydroxyl groups excluding tert-OH is 1. The van der Waals surface area contributed by atoms with Crippen molar-refractivity contribution in [2.45, 2.75) is 20.0 Å². The van der Waals surface area contributed by atoms with Gasteiger partial charge in [0.1, 0.15) is 6.61 Å². The molecule has 0 unspecified atom stereocenters. The summed E-state index contributed by atoms with van der Waals surface area (Å²) in [6.45, 7) is 4.73. The van der Waals surface area contributed by atoms with Gasteiger partial charge in [-0.05, 0) is 38.1 Å². The summed E-state index contributed by atoms with van der Waals surface area (Å²) in [7, 11) is 0. The molecule has 0 aliphatic rings. The van der Waals surface area contributed by atoms with Gasteiger partial charge in [-0.1, -0.05) is 11.8 Å². The average Bonchev–Trinajstić information content (AvgIpc) is 2.41. The third-order valence-corrected chi connectivity index (χ3v) is 2.30. The van der Waals surface area contributed by atoms with Crippen molar-refractivity contribution in [1.82, 2.24) is 5.32 Å². The number of nitrogens with one attached hydrogen (secondary N) is 1. The molecule has 102 valence electrons. The van der Waals surface area contributed by atoms with Crippen molar-refractivity contribution in [2.75, 3.05) is 19.8 Å². The first-order valence-corrected chi connectivity index (χ1v) is 6.23. The van der Waals surface area contributed by atoms with Crippen LogP contribution in [0.2, 0.25) is 0 Å². The molecule has 19 heavy (non-hydrogen) atoms. The normalized spacial score (nSPS) is 9.89. The van der Waals surface area contributed by atoms with Crippen LogP contribution in [-0.4, -0.2) is 36.9 Å². The lowest BCUT2D eigenvalue weighted by Crippen LogP contribution is -2.28. The highest BCUT2D eigenvalue weighted by Crippen LogP contribution is 2.03. The van der Waals surface area contributed by atoms with Crippen LogP contribution in [0.4, 0.5) is 0 Å². The lowest BCUT2D eigenvalue weighted by Gasteiger charge is -2.08. The SMILES string of the molecule is CC(C)OCCNC(=O)c1ccc(C#CCO)cc1. The van der Waals surface area contributed by atoms with Crippen molar-refractivity contribution >= 4 is 5.91 Å². The summed E-state index contributed by atoms with van der Waals surface area (Å²) in [5.41, 5.74) is 1.35. The van der Waals surface area contributed by atoms with Crippen LogP contribution < -0.4 is 5.32 Å². The van der Waals surface area contributed by atoms with Gasteiger partial charge in [-0.2, -0.15) is 0 Å². The Balaban J connectivity index is 2.44. The predicted molar refractivity (Wildman–Crippen MR) is 73.8 cm³/mol. The molecule has 1 aromatic rings. The number of ether oxygens (including phenoxy) is 1. The minimum atomic E-state index is -0.169. The quantitative estimate of drug-likeness (QED) is 0.618. The van der Waals surface area contributed by atoms with Crippen LogP contribution in [0.3, 0.4) is 0 Å². The first kappa shape index (κ1) is 15.2. The zero-order chi connectivity index (χ0) is 14.1. The summed E-state index contributed by atoms with van der Waals surface area (Å²) < 4.78 is 5.33. The van der Waals surface area contributed by atoms with E-state index < -0.39 is 0 Å². The van der Waals surface area contributed by atoms with E-state index in [4.69, 9.17) is 9.84 Å². The maximum atomic E-state index is 11.8. The van der Waals surface area contributed by atoms with Gasteiger partial charge in [0.2, 0.25) is 0 Å². The van der Waals surface area contributed by atoms with Gasteiger partial charge in [0.25, 0.3) is 5.91 Å². The molecule has 0 spiro atoms. The van der Waals surface area contributed by atoms with Gasteiger partial charge in [0.05, 0.1) is 12.7 Å². The Kier molecular flexibility index (Phi) is 6.65. The maximum absolute atomic E-state index is 11.8. The summed E-state index contributed by atoms with van der Waals surface area (Å²) in [5, 5.41) is 11.4. The first-order chi connectivity index (χ1) is 9.13. The summed E-state index contributed by atoms with van der Waals surface area (Å²) in [6.07, 6.45) is 0.168. The number of carbonyl (C=O) groups is 1.